The number of rotatable bonds is 4. The predicted octanol–water partition coefficient (Wildman–Crippen LogP) is 3.45. The van der Waals surface area contributed by atoms with Gasteiger partial charge in [0, 0.05) is 53.7 Å². The van der Waals surface area contributed by atoms with Crippen molar-refractivity contribution >= 4 is 58.5 Å². The molecule has 3 nitrogen and oxygen atoms in total. The summed E-state index contributed by atoms with van der Waals surface area (Å²) in [5.41, 5.74) is 1.67. The van der Waals surface area contributed by atoms with E-state index in [1.54, 1.807) is 18.2 Å². The highest BCUT2D eigenvalue weighted by Gasteiger charge is 2.16. The second-order valence-corrected chi connectivity index (χ2v) is 4.42. The lowest BCUT2D eigenvalue weighted by Crippen LogP contribution is -2.05. The Bertz CT molecular complexity index is 332. The third kappa shape index (κ3) is 3.20. The highest BCUT2D eigenvalue weighted by Crippen LogP contribution is 2.37. The second kappa shape index (κ2) is 5.87. The van der Waals surface area contributed by atoms with Crippen LogP contribution in [0.25, 0.3) is 0 Å². The summed E-state index contributed by atoms with van der Waals surface area (Å²) < 4.78 is 1.74. The summed E-state index contributed by atoms with van der Waals surface area (Å²) in [4.78, 5) is 0. The van der Waals surface area contributed by atoms with E-state index in [4.69, 9.17) is 52.2 Å². The number of aliphatic hydroxyl groups is 1. The van der Waals surface area contributed by atoms with E-state index in [0.29, 0.717) is 17.8 Å². The first-order valence-corrected chi connectivity index (χ1v) is 5.39. The molecule has 1 rings (SSSR count). The highest BCUT2D eigenvalue weighted by molar-refractivity contribution is 6.53. The number of aliphatic hydroxyl groups excluding tert-OH is 1. The molecule has 0 fully saturated rings. The molecule has 0 aliphatic heterocycles. The van der Waals surface area contributed by atoms with Crippen molar-refractivity contribution in [3.8, 4) is 0 Å². The van der Waals surface area contributed by atoms with E-state index in [2.05, 4.69) is 0 Å². The zero-order chi connectivity index (χ0) is 11.4. The maximum atomic E-state index is 8.87. The molecule has 0 aliphatic carbocycles. The van der Waals surface area contributed by atoms with Crippen LogP contribution >= 0.6 is 47.1 Å². The first-order chi connectivity index (χ1) is 7.07. The Morgan fingerprint density at radius 1 is 1.07 bits per heavy atom. The largest absolute Gasteiger partial charge is 0.396 e. The van der Waals surface area contributed by atoms with E-state index in [1.807, 2.05) is 0 Å². The van der Waals surface area contributed by atoms with Gasteiger partial charge in [0.25, 0.3) is 0 Å². The molecule has 0 heterocycles. The topological polar surface area (TPSA) is 26.7 Å². The van der Waals surface area contributed by atoms with Crippen molar-refractivity contribution in [3.05, 3.63) is 23.8 Å². The van der Waals surface area contributed by atoms with Gasteiger partial charge in [0.05, 0.1) is 5.69 Å². The van der Waals surface area contributed by atoms with Crippen LogP contribution < -0.4 is 7.88 Å². The van der Waals surface area contributed by atoms with Crippen molar-refractivity contribution in [1.82, 2.24) is 0 Å². The standard InChI is InChI=1S/C8H8Cl4N2O/c9-13(10)7-3-1-2-6(4-5-15)8(7)14(11)12/h1-3,15H,4-5H2. The SMILES string of the molecule is OCCc1cccc(N(Cl)Cl)c1N(Cl)Cl. The lowest BCUT2D eigenvalue weighted by molar-refractivity contribution is 0.300. The van der Waals surface area contributed by atoms with Crippen molar-refractivity contribution in [3.63, 3.8) is 0 Å². The Kier molecular flexibility index (Phi) is 5.09. The van der Waals surface area contributed by atoms with Crippen molar-refractivity contribution in [1.29, 1.82) is 0 Å². The maximum absolute atomic E-state index is 8.87. The number of benzene rings is 1. The molecular weight excluding hydrogens is 282 g/mol. The van der Waals surface area contributed by atoms with E-state index in [1.165, 1.54) is 0 Å². The van der Waals surface area contributed by atoms with Crippen LogP contribution in [0.5, 0.6) is 0 Å². The molecule has 7 heteroatoms. The van der Waals surface area contributed by atoms with Gasteiger partial charge in [-0.1, -0.05) is 12.1 Å². The molecule has 0 spiro atoms. The fourth-order valence-corrected chi connectivity index (χ4v) is 1.89. The Labute approximate surface area is 108 Å². The third-order valence-corrected chi connectivity index (χ3v) is 2.53. The van der Waals surface area contributed by atoms with Gasteiger partial charge in [-0.25, -0.2) is 0 Å². The van der Waals surface area contributed by atoms with E-state index in [-0.39, 0.29) is 6.61 Å². The van der Waals surface area contributed by atoms with Crippen LogP contribution in [0.15, 0.2) is 18.2 Å². The summed E-state index contributed by atoms with van der Waals surface area (Å²) in [5, 5.41) is 8.87. The average molecular weight is 290 g/mol. The maximum Gasteiger partial charge on any atom is 0.100 e. The van der Waals surface area contributed by atoms with Gasteiger partial charge in [-0.3, -0.25) is 0 Å². The summed E-state index contributed by atoms with van der Waals surface area (Å²) in [6.07, 6.45) is 0.417. The van der Waals surface area contributed by atoms with E-state index < -0.39 is 0 Å². The van der Waals surface area contributed by atoms with Crippen LogP contribution in [-0.4, -0.2) is 11.7 Å². The monoisotopic (exact) mass is 288 g/mol. The minimum atomic E-state index is -0.0113. The first-order valence-electron chi connectivity index (χ1n) is 4.04. The molecular formula is C8H8Cl4N2O. The van der Waals surface area contributed by atoms with E-state index in [9.17, 15) is 0 Å². The van der Waals surface area contributed by atoms with Crippen molar-refractivity contribution in [2.75, 3.05) is 14.5 Å². The average Bonchev–Trinajstić information content (AvgIpc) is 2.17. The normalized spacial score (nSPS) is 10.2. The van der Waals surface area contributed by atoms with Crippen LogP contribution in [-0.2, 0) is 6.42 Å². The molecule has 0 amide bonds. The molecule has 0 bridgehead atoms. The smallest absolute Gasteiger partial charge is 0.100 e. The zero-order valence-electron chi connectivity index (χ0n) is 7.50. The van der Waals surface area contributed by atoms with Gasteiger partial charge in [-0.2, -0.15) is 7.88 Å². The van der Waals surface area contributed by atoms with Crippen LogP contribution in [0.1, 0.15) is 5.56 Å². The third-order valence-electron chi connectivity index (χ3n) is 1.83. The predicted molar refractivity (Wildman–Crippen MR) is 65.6 cm³/mol. The summed E-state index contributed by atoms with van der Waals surface area (Å²) >= 11 is 22.6. The molecule has 0 radical (unpaired) electrons. The van der Waals surface area contributed by atoms with Crippen LogP contribution in [0.4, 0.5) is 11.4 Å². The van der Waals surface area contributed by atoms with Crippen molar-refractivity contribution in [2.45, 2.75) is 6.42 Å². The van der Waals surface area contributed by atoms with Gasteiger partial charge in [0.2, 0.25) is 0 Å². The molecule has 0 unspecified atom stereocenters. The van der Waals surface area contributed by atoms with Gasteiger partial charge < -0.3 is 5.11 Å². The van der Waals surface area contributed by atoms with Gasteiger partial charge in [-0.15, -0.1) is 0 Å². The van der Waals surface area contributed by atoms with Gasteiger partial charge in [-0.05, 0) is 18.1 Å². The van der Waals surface area contributed by atoms with Gasteiger partial charge >= 0.3 is 0 Å². The van der Waals surface area contributed by atoms with E-state index in [0.717, 1.165) is 13.4 Å². The fourth-order valence-electron chi connectivity index (χ4n) is 1.23. The van der Waals surface area contributed by atoms with Crippen LogP contribution in [0, 0.1) is 0 Å². The van der Waals surface area contributed by atoms with Crippen molar-refractivity contribution < 1.29 is 5.11 Å². The van der Waals surface area contributed by atoms with Crippen LogP contribution in [0.3, 0.4) is 0 Å². The Balaban J connectivity index is 3.22. The minimum absolute atomic E-state index is 0.0113. The summed E-state index contributed by atoms with van der Waals surface area (Å²) in [7, 11) is 0. The molecule has 84 valence electrons. The lowest BCUT2D eigenvalue weighted by atomic mass is 10.1. The van der Waals surface area contributed by atoms with Gasteiger partial charge in [0.1, 0.15) is 5.69 Å². The van der Waals surface area contributed by atoms with E-state index >= 15 is 0 Å². The number of hydrogen-bond acceptors (Lipinski definition) is 3. The molecule has 1 aromatic carbocycles. The Morgan fingerprint density at radius 3 is 2.20 bits per heavy atom. The molecule has 0 atom stereocenters. The number of nitrogens with zero attached hydrogens (tertiary/aromatic N) is 2. The number of halogens is 4. The molecule has 0 aliphatic rings. The minimum Gasteiger partial charge on any atom is -0.396 e. The number of anilines is 2. The van der Waals surface area contributed by atoms with Crippen LogP contribution in [0.2, 0.25) is 0 Å². The fraction of sp³-hybridized carbons (Fsp3) is 0.250. The zero-order valence-corrected chi connectivity index (χ0v) is 10.5. The highest BCUT2D eigenvalue weighted by atomic mass is 35.5. The first kappa shape index (κ1) is 13.0. The molecule has 0 saturated carbocycles. The lowest BCUT2D eigenvalue weighted by Gasteiger charge is -2.18. The Hall–Kier alpha value is -0.0600. The number of hydrogen-bond donors (Lipinski definition) is 1. The second-order valence-electron chi connectivity index (χ2n) is 2.72. The summed E-state index contributed by atoms with van der Waals surface area (Å²) in [5.74, 6) is 0. The molecule has 0 saturated heterocycles. The molecule has 1 aromatic rings. The Morgan fingerprint density at radius 2 is 1.73 bits per heavy atom. The number of para-hydroxylation sites is 1. The summed E-state index contributed by atoms with van der Waals surface area (Å²) in [6.45, 7) is -0.0113. The quantitative estimate of drug-likeness (QED) is 0.860. The molecule has 15 heavy (non-hydrogen) atoms. The molecule has 0 aromatic heterocycles. The molecule has 1 N–H and O–H groups in total. The summed E-state index contributed by atoms with van der Waals surface area (Å²) in [6, 6.07) is 5.19. The van der Waals surface area contributed by atoms with Gasteiger partial charge in [0.15, 0.2) is 0 Å². The van der Waals surface area contributed by atoms with Crippen molar-refractivity contribution in [2.24, 2.45) is 0 Å².